The number of nitrogens with one attached hydrogen (secondary N) is 2. The Morgan fingerprint density at radius 2 is 2.35 bits per heavy atom. The van der Waals surface area contributed by atoms with Crippen molar-refractivity contribution >= 4 is 21.6 Å². The van der Waals surface area contributed by atoms with Crippen LogP contribution in [0.3, 0.4) is 0 Å². The highest BCUT2D eigenvalue weighted by atomic mass is 35.5. The molecule has 7 heteroatoms. The fourth-order valence-corrected chi connectivity index (χ4v) is 3.53. The molecular weight excluding hydrogens is 262 g/mol. The molecule has 1 aliphatic carbocycles. The number of rotatable bonds is 4. The van der Waals surface area contributed by atoms with Gasteiger partial charge in [0, 0.05) is 11.9 Å². The van der Waals surface area contributed by atoms with E-state index in [0.29, 0.717) is 12.5 Å². The summed E-state index contributed by atoms with van der Waals surface area (Å²) in [6.07, 6.45) is 6.68. The maximum Gasteiger partial charge on any atom is 0.257 e. The Hall–Kier alpha value is -0.590. The van der Waals surface area contributed by atoms with Crippen LogP contribution in [-0.4, -0.2) is 30.3 Å². The molecule has 1 aromatic rings. The highest BCUT2D eigenvalue weighted by Gasteiger charge is 2.23. The second kappa shape index (κ2) is 5.37. The molecule has 2 unspecified atom stereocenters. The standard InChI is InChI=1S/C10H16ClN3O2S/c11-9-3-1-2-8(4-9)5-14-17(15,16)10-6-12-7-13-10/h6-9,14H,1-5H2,(H,12,13). The van der Waals surface area contributed by atoms with Gasteiger partial charge in [-0.3, -0.25) is 0 Å². The molecule has 0 saturated heterocycles. The van der Waals surface area contributed by atoms with Crippen molar-refractivity contribution in [2.45, 2.75) is 36.1 Å². The minimum Gasteiger partial charge on any atom is -0.335 e. The smallest absolute Gasteiger partial charge is 0.257 e. The zero-order valence-corrected chi connectivity index (χ0v) is 11.0. The fraction of sp³-hybridized carbons (Fsp3) is 0.700. The molecule has 1 fully saturated rings. The summed E-state index contributed by atoms with van der Waals surface area (Å²) in [5, 5.41) is 0.293. The number of hydrogen-bond acceptors (Lipinski definition) is 3. The zero-order valence-electron chi connectivity index (χ0n) is 9.39. The van der Waals surface area contributed by atoms with Gasteiger partial charge in [-0.2, -0.15) is 0 Å². The second-order valence-electron chi connectivity index (χ2n) is 4.40. The van der Waals surface area contributed by atoms with Gasteiger partial charge in [0.2, 0.25) is 0 Å². The van der Waals surface area contributed by atoms with Crippen molar-refractivity contribution in [2.24, 2.45) is 5.92 Å². The van der Waals surface area contributed by atoms with Gasteiger partial charge in [-0.1, -0.05) is 6.42 Å². The van der Waals surface area contributed by atoms with Gasteiger partial charge in [-0.15, -0.1) is 11.6 Å². The first-order valence-electron chi connectivity index (χ1n) is 5.70. The van der Waals surface area contributed by atoms with Crippen LogP contribution >= 0.6 is 11.6 Å². The molecule has 1 saturated carbocycles. The van der Waals surface area contributed by atoms with E-state index in [9.17, 15) is 8.42 Å². The van der Waals surface area contributed by atoms with Gasteiger partial charge in [-0.25, -0.2) is 18.1 Å². The molecule has 0 aromatic carbocycles. The molecule has 1 aliphatic rings. The lowest BCUT2D eigenvalue weighted by Gasteiger charge is -2.25. The van der Waals surface area contributed by atoms with Gasteiger partial charge in [0.05, 0.1) is 12.5 Å². The Morgan fingerprint density at radius 1 is 1.53 bits per heavy atom. The number of alkyl halides is 1. The normalized spacial score (nSPS) is 25.9. The second-order valence-corrected chi connectivity index (χ2v) is 6.75. The van der Waals surface area contributed by atoms with E-state index >= 15 is 0 Å². The van der Waals surface area contributed by atoms with E-state index in [1.54, 1.807) is 0 Å². The average molecular weight is 278 g/mol. The molecule has 2 N–H and O–H groups in total. The van der Waals surface area contributed by atoms with E-state index in [4.69, 9.17) is 11.6 Å². The summed E-state index contributed by atoms with van der Waals surface area (Å²) in [4.78, 5) is 6.29. The topological polar surface area (TPSA) is 74.8 Å². The lowest BCUT2D eigenvalue weighted by molar-refractivity contribution is 0.361. The van der Waals surface area contributed by atoms with Gasteiger partial charge in [0.15, 0.2) is 5.03 Å². The summed E-state index contributed by atoms with van der Waals surface area (Å²) in [5.74, 6) is 0.337. The van der Waals surface area contributed by atoms with Gasteiger partial charge < -0.3 is 4.98 Å². The molecule has 1 heterocycles. The summed E-state index contributed by atoms with van der Waals surface area (Å²) < 4.78 is 26.2. The minimum atomic E-state index is -3.44. The Bertz CT molecular complexity index is 446. The summed E-state index contributed by atoms with van der Waals surface area (Å²) in [5.41, 5.74) is 0. The van der Waals surface area contributed by atoms with Gasteiger partial charge in [-0.05, 0) is 25.2 Å². The molecule has 0 bridgehead atoms. The summed E-state index contributed by atoms with van der Waals surface area (Å²) >= 11 is 6.07. The maximum absolute atomic E-state index is 11.8. The van der Waals surface area contributed by atoms with E-state index in [1.165, 1.54) is 12.5 Å². The van der Waals surface area contributed by atoms with Gasteiger partial charge in [0.25, 0.3) is 10.0 Å². The minimum absolute atomic E-state index is 0.107. The number of H-pyrrole nitrogens is 1. The molecule has 2 rings (SSSR count). The van der Waals surface area contributed by atoms with Crippen LogP contribution in [0.15, 0.2) is 17.6 Å². The van der Waals surface area contributed by atoms with E-state index in [1.807, 2.05) is 0 Å². The van der Waals surface area contributed by atoms with Crippen LogP contribution in [0.25, 0.3) is 0 Å². The average Bonchev–Trinajstić information content (AvgIpc) is 2.81. The van der Waals surface area contributed by atoms with Crippen LogP contribution in [-0.2, 0) is 10.0 Å². The van der Waals surface area contributed by atoms with Crippen molar-refractivity contribution in [1.29, 1.82) is 0 Å². The van der Waals surface area contributed by atoms with Crippen LogP contribution in [0, 0.1) is 5.92 Å². The maximum atomic E-state index is 11.8. The van der Waals surface area contributed by atoms with Crippen molar-refractivity contribution in [3.63, 3.8) is 0 Å². The van der Waals surface area contributed by atoms with E-state index in [-0.39, 0.29) is 10.4 Å². The third-order valence-electron chi connectivity index (χ3n) is 3.04. The zero-order chi connectivity index (χ0) is 12.3. The fourth-order valence-electron chi connectivity index (χ4n) is 2.11. The largest absolute Gasteiger partial charge is 0.335 e. The third kappa shape index (κ3) is 3.43. The molecule has 5 nitrogen and oxygen atoms in total. The Labute approximate surface area is 106 Å². The van der Waals surface area contributed by atoms with Crippen LogP contribution in [0.5, 0.6) is 0 Å². The molecule has 0 aliphatic heterocycles. The number of nitrogens with zero attached hydrogens (tertiary/aromatic N) is 1. The first-order chi connectivity index (χ1) is 8.08. The Balaban J connectivity index is 1.89. The van der Waals surface area contributed by atoms with E-state index in [0.717, 1.165) is 25.7 Å². The highest BCUT2D eigenvalue weighted by molar-refractivity contribution is 7.89. The van der Waals surface area contributed by atoms with E-state index in [2.05, 4.69) is 14.7 Å². The van der Waals surface area contributed by atoms with E-state index < -0.39 is 10.0 Å². The number of imidazole rings is 1. The van der Waals surface area contributed by atoms with Crippen molar-refractivity contribution in [1.82, 2.24) is 14.7 Å². The molecule has 17 heavy (non-hydrogen) atoms. The van der Waals surface area contributed by atoms with Crippen molar-refractivity contribution < 1.29 is 8.42 Å². The number of hydrogen-bond donors (Lipinski definition) is 2. The van der Waals surface area contributed by atoms with Crippen molar-refractivity contribution in [2.75, 3.05) is 6.54 Å². The lowest BCUT2D eigenvalue weighted by atomic mass is 9.89. The van der Waals surface area contributed by atoms with Crippen molar-refractivity contribution in [3.8, 4) is 0 Å². The quantitative estimate of drug-likeness (QED) is 0.819. The third-order valence-corrected chi connectivity index (χ3v) is 4.79. The number of aromatic amines is 1. The molecule has 96 valence electrons. The molecule has 0 radical (unpaired) electrons. The molecule has 0 amide bonds. The van der Waals surface area contributed by atoms with Crippen LogP contribution in [0.2, 0.25) is 0 Å². The molecule has 2 atom stereocenters. The number of halogens is 1. The summed E-state index contributed by atoms with van der Waals surface area (Å²) in [6, 6.07) is 0. The highest BCUT2D eigenvalue weighted by Crippen LogP contribution is 2.27. The van der Waals surface area contributed by atoms with Crippen LogP contribution < -0.4 is 4.72 Å². The summed E-state index contributed by atoms with van der Waals surface area (Å²) in [7, 11) is -3.44. The molecule has 0 spiro atoms. The molecule has 1 aromatic heterocycles. The number of sulfonamides is 1. The first-order valence-corrected chi connectivity index (χ1v) is 7.62. The number of aromatic nitrogens is 2. The Morgan fingerprint density at radius 3 is 3.00 bits per heavy atom. The van der Waals surface area contributed by atoms with Crippen molar-refractivity contribution in [3.05, 3.63) is 12.5 Å². The van der Waals surface area contributed by atoms with Crippen LogP contribution in [0.4, 0.5) is 0 Å². The SMILES string of the molecule is O=S(=O)(NCC1CCCC(Cl)C1)c1cnc[nH]1. The predicted molar refractivity (Wildman–Crippen MR) is 65.4 cm³/mol. The monoisotopic (exact) mass is 277 g/mol. The summed E-state index contributed by atoms with van der Waals surface area (Å²) in [6.45, 7) is 0.449. The van der Waals surface area contributed by atoms with Crippen LogP contribution in [0.1, 0.15) is 25.7 Å². The predicted octanol–water partition coefficient (Wildman–Crippen LogP) is 1.49. The Kier molecular flexibility index (Phi) is 4.06. The lowest BCUT2D eigenvalue weighted by Crippen LogP contribution is -2.32. The first kappa shape index (κ1) is 12.9. The van der Waals surface area contributed by atoms with Gasteiger partial charge >= 0.3 is 0 Å². The van der Waals surface area contributed by atoms with Gasteiger partial charge in [0.1, 0.15) is 0 Å². The molecular formula is C10H16ClN3O2S.